The molecule has 0 bridgehead atoms. The van der Waals surface area contributed by atoms with Crippen LogP contribution in [0.2, 0.25) is 0 Å². The van der Waals surface area contributed by atoms with Crippen molar-refractivity contribution in [1.29, 1.82) is 0 Å². The lowest BCUT2D eigenvalue weighted by molar-refractivity contribution is -0.127. The third-order valence-electron chi connectivity index (χ3n) is 3.47. The lowest BCUT2D eigenvalue weighted by Crippen LogP contribution is -2.35. The first-order valence-corrected chi connectivity index (χ1v) is 7.12. The van der Waals surface area contributed by atoms with Gasteiger partial charge in [0.25, 0.3) is 5.91 Å². The Morgan fingerprint density at radius 1 is 1.10 bits per heavy atom. The first-order chi connectivity index (χ1) is 10.1. The summed E-state index contributed by atoms with van der Waals surface area (Å²) in [5.74, 6) is 0.609. The Morgan fingerprint density at radius 3 is 2.48 bits per heavy atom. The Labute approximate surface area is 126 Å². The number of hydrogen-bond acceptors (Lipinski definition) is 2. The molecule has 0 aromatic heterocycles. The van der Waals surface area contributed by atoms with Crippen molar-refractivity contribution in [3.8, 4) is 5.75 Å². The molecule has 1 amide bonds. The van der Waals surface area contributed by atoms with Crippen molar-refractivity contribution in [2.45, 2.75) is 33.4 Å². The predicted molar refractivity (Wildman–Crippen MR) is 84.3 cm³/mol. The van der Waals surface area contributed by atoms with E-state index in [1.165, 1.54) is 5.56 Å². The first kappa shape index (κ1) is 15.1. The highest BCUT2D eigenvalue weighted by Gasteiger charge is 2.14. The first-order valence-electron chi connectivity index (χ1n) is 7.12. The number of rotatable bonds is 5. The Kier molecular flexibility index (Phi) is 4.99. The Hall–Kier alpha value is -2.29. The fourth-order valence-electron chi connectivity index (χ4n) is 1.97. The molecule has 3 nitrogen and oxygen atoms in total. The van der Waals surface area contributed by atoms with Gasteiger partial charge in [0, 0.05) is 6.54 Å². The average molecular weight is 283 g/mol. The molecule has 0 fully saturated rings. The molecule has 0 heterocycles. The monoisotopic (exact) mass is 283 g/mol. The van der Waals surface area contributed by atoms with Gasteiger partial charge in [0.15, 0.2) is 6.10 Å². The van der Waals surface area contributed by atoms with Crippen LogP contribution in [0.25, 0.3) is 0 Å². The summed E-state index contributed by atoms with van der Waals surface area (Å²) in [5, 5.41) is 2.88. The SMILES string of the molecule is Cc1ccc(OC(C)C(=O)NCc2ccccc2)cc1C. The minimum Gasteiger partial charge on any atom is -0.481 e. The number of ether oxygens (including phenoxy) is 1. The maximum Gasteiger partial charge on any atom is 0.261 e. The molecule has 21 heavy (non-hydrogen) atoms. The van der Waals surface area contributed by atoms with Crippen LogP contribution in [0.15, 0.2) is 48.5 Å². The summed E-state index contributed by atoms with van der Waals surface area (Å²) in [6.07, 6.45) is -0.518. The molecule has 0 saturated heterocycles. The highest BCUT2D eigenvalue weighted by molar-refractivity contribution is 5.80. The van der Waals surface area contributed by atoms with Crippen molar-refractivity contribution in [3.05, 3.63) is 65.2 Å². The zero-order valence-electron chi connectivity index (χ0n) is 12.7. The van der Waals surface area contributed by atoms with Crippen LogP contribution in [-0.2, 0) is 11.3 Å². The van der Waals surface area contributed by atoms with E-state index in [1.807, 2.05) is 55.5 Å². The van der Waals surface area contributed by atoms with Gasteiger partial charge < -0.3 is 10.1 Å². The second-order valence-corrected chi connectivity index (χ2v) is 5.21. The lowest BCUT2D eigenvalue weighted by atomic mass is 10.1. The molecule has 2 aromatic rings. The van der Waals surface area contributed by atoms with Crippen LogP contribution in [0.1, 0.15) is 23.6 Å². The zero-order chi connectivity index (χ0) is 15.2. The molecule has 0 aliphatic rings. The van der Waals surface area contributed by atoms with Crippen molar-refractivity contribution < 1.29 is 9.53 Å². The quantitative estimate of drug-likeness (QED) is 0.913. The van der Waals surface area contributed by atoms with E-state index < -0.39 is 6.10 Å². The van der Waals surface area contributed by atoms with Crippen LogP contribution in [0.5, 0.6) is 5.75 Å². The van der Waals surface area contributed by atoms with Crippen LogP contribution in [0.4, 0.5) is 0 Å². The number of hydrogen-bond donors (Lipinski definition) is 1. The van der Waals surface area contributed by atoms with E-state index in [9.17, 15) is 4.79 Å². The molecule has 1 N–H and O–H groups in total. The largest absolute Gasteiger partial charge is 0.481 e. The van der Waals surface area contributed by atoms with Crippen LogP contribution < -0.4 is 10.1 Å². The van der Waals surface area contributed by atoms with E-state index in [-0.39, 0.29) is 5.91 Å². The molecule has 2 rings (SSSR count). The van der Waals surface area contributed by atoms with Gasteiger partial charge in [-0.3, -0.25) is 4.79 Å². The summed E-state index contributed by atoms with van der Waals surface area (Å²) in [6.45, 7) is 6.35. The molecule has 2 aromatic carbocycles. The minimum atomic E-state index is -0.518. The molecule has 1 atom stereocenters. The molecule has 0 saturated carbocycles. The van der Waals surface area contributed by atoms with Gasteiger partial charge in [-0.05, 0) is 49.6 Å². The lowest BCUT2D eigenvalue weighted by Gasteiger charge is -2.15. The van der Waals surface area contributed by atoms with Crippen LogP contribution in [0.3, 0.4) is 0 Å². The van der Waals surface area contributed by atoms with Gasteiger partial charge in [-0.15, -0.1) is 0 Å². The number of aryl methyl sites for hydroxylation is 2. The third kappa shape index (κ3) is 4.35. The highest BCUT2D eigenvalue weighted by Crippen LogP contribution is 2.17. The van der Waals surface area contributed by atoms with E-state index in [0.717, 1.165) is 16.9 Å². The molecular weight excluding hydrogens is 262 g/mol. The standard InChI is InChI=1S/C18H21NO2/c1-13-9-10-17(11-14(13)2)21-15(3)18(20)19-12-16-7-5-4-6-8-16/h4-11,15H,12H2,1-3H3,(H,19,20). The summed E-state index contributed by atoms with van der Waals surface area (Å²) < 4.78 is 5.69. The normalized spacial score (nSPS) is 11.8. The van der Waals surface area contributed by atoms with Gasteiger partial charge >= 0.3 is 0 Å². The number of amides is 1. The molecule has 0 aliphatic carbocycles. The Balaban J connectivity index is 1.88. The van der Waals surface area contributed by atoms with E-state index >= 15 is 0 Å². The van der Waals surface area contributed by atoms with Gasteiger partial charge in [-0.1, -0.05) is 36.4 Å². The summed E-state index contributed by atoms with van der Waals surface area (Å²) in [4.78, 5) is 12.0. The molecule has 0 radical (unpaired) electrons. The van der Waals surface area contributed by atoms with Crippen molar-refractivity contribution >= 4 is 5.91 Å². The van der Waals surface area contributed by atoms with Gasteiger partial charge in [0.05, 0.1) is 0 Å². The van der Waals surface area contributed by atoms with E-state index in [4.69, 9.17) is 4.74 Å². The van der Waals surface area contributed by atoms with Gasteiger partial charge in [-0.2, -0.15) is 0 Å². The van der Waals surface area contributed by atoms with Crippen LogP contribution >= 0.6 is 0 Å². The van der Waals surface area contributed by atoms with Crippen molar-refractivity contribution in [3.63, 3.8) is 0 Å². The summed E-state index contributed by atoms with van der Waals surface area (Å²) >= 11 is 0. The number of carbonyl (C=O) groups excluding carboxylic acids is 1. The highest BCUT2D eigenvalue weighted by atomic mass is 16.5. The predicted octanol–water partition coefficient (Wildman–Crippen LogP) is 3.39. The minimum absolute atomic E-state index is 0.114. The maximum absolute atomic E-state index is 12.0. The maximum atomic E-state index is 12.0. The summed E-state index contributed by atoms with van der Waals surface area (Å²) in [6, 6.07) is 15.7. The van der Waals surface area contributed by atoms with Crippen molar-refractivity contribution in [2.24, 2.45) is 0 Å². The molecule has 0 spiro atoms. The van der Waals surface area contributed by atoms with Gasteiger partial charge in [0.2, 0.25) is 0 Å². The number of carbonyl (C=O) groups is 1. The zero-order valence-corrected chi connectivity index (χ0v) is 12.7. The molecular formula is C18H21NO2. The average Bonchev–Trinajstić information content (AvgIpc) is 2.49. The van der Waals surface area contributed by atoms with E-state index in [0.29, 0.717) is 6.54 Å². The topological polar surface area (TPSA) is 38.3 Å². The van der Waals surface area contributed by atoms with Crippen molar-refractivity contribution in [2.75, 3.05) is 0 Å². The smallest absolute Gasteiger partial charge is 0.261 e. The number of benzene rings is 2. The van der Waals surface area contributed by atoms with Gasteiger partial charge in [0.1, 0.15) is 5.75 Å². The van der Waals surface area contributed by atoms with Gasteiger partial charge in [-0.25, -0.2) is 0 Å². The second-order valence-electron chi connectivity index (χ2n) is 5.21. The summed E-state index contributed by atoms with van der Waals surface area (Å²) in [7, 11) is 0. The van der Waals surface area contributed by atoms with Crippen molar-refractivity contribution in [1.82, 2.24) is 5.32 Å². The van der Waals surface area contributed by atoms with Crippen LogP contribution in [0, 0.1) is 13.8 Å². The molecule has 1 unspecified atom stereocenters. The third-order valence-corrected chi connectivity index (χ3v) is 3.47. The molecule has 3 heteroatoms. The van der Waals surface area contributed by atoms with Crippen LogP contribution in [-0.4, -0.2) is 12.0 Å². The molecule has 110 valence electrons. The van der Waals surface area contributed by atoms with E-state index in [2.05, 4.69) is 12.2 Å². The van der Waals surface area contributed by atoms with E-state index in [1.54, 1.807) is 6.92 Å². The molecule has 0 aliphatic heterocycles. The second kappa shape index (κ2) is 6.93. The fourth-order valence-corrected chi connectivity index (χ4v) is 1.97. The number of nitrogens with one attached hydrogen (secondary N) is 1. The Bertz CT molecular complexity index is 608. The fraction of sp³-hybridized carbons (Fsp3) is 0.278. The Morgan fingerprint density at radius 2 is 1.81 bits per heavy atom. The summed E-state index contributed by atoms with van der Waals surface area (Å²) in [5.41, 5.74) is 3.44.